The van der Waals surface area contributed by atoms with Crippen LogP contribution in [-0.2, 0) is 4.79 Å². The average molecular weight is 427 g/mol. The molecule has 7 heteroatoms. The molecule has 1 aliphatic heterocycles. The van der Waals surface area contributed by atoms with Crippen molar-refractivity contribution in [3.63, 3.8) is 0 Å². The number of unbranched alkanes of at least 4 members (excludes halogenated alkanes) is 1. The second kappa shape index (κ2) is 10.8. The number of imide groups is 1. The minimum Gasteiger partial charge on any atom is -0.494 e. The minimum absolute atomic E-state index is 0.289. The van der Waals surface area contributed by atoms with E-state index in [-0.39, 0.29) is 5.91 Å². The van der Waals surface area contributed by atoms with Gasteiger partial charge >= 0.3 is 0 Å². The number of fused-ring (bicyclic) bond motifs is 1. The van der Waals surface area contributed by atoms with Gasteiger partial charge in [0.1, 0.15) is 11.8 Å². The molecule has 0 saturated carbocycles. The third-order valence-corrected chi connectivity index (χ3v) is 5.56. The van der Waals surface area contributed by atoms with Gasteiger partial charge in [-0.15, -0.1) is 0 Å². The Morgan fingerprint density at radius 2 is 1.63 bits per heavy atom. The topological polar surface area (TPSA) is 75.7 Å². The van der Waals surface area contributed by atoms with Crippen molar-refractivity contribution in [3.05, 3.63) is 65.7 Å². The normalized spacial score (nSPS) is 13.8. The third-order valence-electron chi connectivity index (χ3n) is 4.92. The van der Waals surface area contributed by atoms with Crippen LogP contribution in [0.2, 0.25) is 0 Å². The molecule has 158 valence electrons. The number of nitrogens with zero attached hydrogens (tertiary/aromatic N) is 1. The van der Waals surface area contributed by atoms with E-state index >= 15 is 0 Å². The Morgan fingerprint density at radius 3 is 2.27 bits per heavy atom. The molecule has 1 aliphatic rings. The Hall–Kier alpha value is -2.80. The summed E-state index contributed by atoms with van der Waals surface area (Å²) in [6.07, 6.45) is 3.90. The molecular weight excluding hydrogens is 400 g/mol. The summed E-state index contributed by atoms with van der Waals surface area (Å²) in [5, 5.41) is 2.89. The van der Waals surface area contributed by atoms with E-state index in [2.05, 4.69) is 5.32 Å². The van der Waals surface area contributed by atoms with Crippen LogP contribution in [0.15, 0.2) is 54.6 Å². The second-order valence-corrected chi connectivity index (χ2v) is 7.97. The number of ether oxygens (including phenoxy) is 1. The van der Waals surface area contributed by atoms with Gasteiger partial charge < -0.3 is 10.1 Å². The van der Waals surface area contributed by atoms with E-state index in [1.54, 1.807) is 36.0 Å². The van der Waals surface area contributed by atoms with Gasteiger partial charge in [0.15, 0.2) is 0 Å². The maximum absolute atomic E-state index is 12.8. The second-order valence-electron chi connectivity index (χ2n) is 6.98. The zero-order valence-electron chi connectivity index (χ0n) is 17.0. The fourth-order valence-electron chi connectivity index (χ4n) is 3.36. The number of rotatable bonds is 11. The molecule has 3 amide bonds. The highest BCUT2D eigenvalue weighted by Crippen LogP contribution is 2.26. The summed E-state index contributed by atoms with van der Waals surface area (Å²) in [4.78, 5) is 39.5. The monoisotopic (exact) mass is 426 g/mol. The largest absolute Gasteiger partial charge is 0.494 e. The van der Waals surface area contributed by atoms with Gasteiger partial charge in [-0.2, -0.15) is 11.8 Å². The van der Waals surface area contributed by atoms with E-state index in [1.807, 2.05) is 36.6 Å². The smallest absolute Gasteiger partial charge is 0.262 e. The molecule has 2 aromatic rings. The zero-order valence-corrected chi connectivity index (χ0v) is 17.8. The number of amides is 3. The predicted molar refractivity (Wildman–Crippen MR) is 118 cm³/mol. The fraction of sp³-hybridized carbons (Fsp3) is 0.348. The zero-order chi connectivity index (χ0) is 21.3. The number of hydrogen-bond acceptors (Lipinski definition) is 5. The first-order chi connectivity index (χ1) is 14.6. The summed E-state index contributed by atoms with van der Waals surface area (Å²) in [7, 11) is 0. The molecular formula is C23H26N2O4S. The third kappa shape index (κ3) is 5.21. The van der Waals surface area contributed by atoms with Crippen molar-refractivity contribution < 1.29 is 19.1 Å². The van der Waals surface area contributed by atoms with Crippen molar-refractivity contribution in [1.82, 2.24) is 10.2 Å². The molecule has 0 radical (unpaired) electrons. The first-order valence-electron chi connectivity index (χ1n) is 10.0. The Kier molecular flexibility index (Phi) is 7.90. The van der Waals surface area contributed by atoms with E-state index in [1.165, 1.54) is 0 Å². The molecule has 6 nitrogen and oxygen atoms in total. The summed E-state index contributed by atoms with van der Waals surface area (Å²) in [5.74, 6) is 0.421. The highest BCUT2D eigenvalue weighted by molar-refractivity contribution is 7.98. The van der Waals surface area contributed by atoms with E-state index < -0.39 is 17.9 Å². The number of para-hydroxylation sites is 1. The van der Waals surface area contributed by atoms with Crippen LogP contribution < -0.4 is 10.1 Å². The summed E-state index contributed by atoms with van der Waals surface area (Å²) < 4.78 is 5.65. The Morgan fingerprint density at radius 1 is 1.00 bits per heavy atom. The first kappa shape index (κ1) is 21.9. The van der Waals surface area contributed by atoms with Crippen LogP contribution in [0.25, 0.3) is 0 Å². The van der Waals surface area contributed by atoms with E-state index in [0.29, 0.717) is 36.5 Å². The van der Waals surface area contributed by atoms with Gasteiger partial charge in [0.25, 0.3) is 11.8 Å². The SMILES string of the molecule is CSCCC(C(=O)NCCCCOc1ccccc1)N1C(=O)c2ccccc2C1=O. The van der Waals surface area contributed by atoms with Crippen molar-refractivity contribution >= 4 is 29.5 Å². The van der Waals surface area contributed by atoms with Crippen molar-refractivity contribution in [1.29, 1.82) is 0 Å². The minimum atomic E-state index is -0.801. The standard InChI is InChI=1S/C23H26N2O4S/c1-30-16-13-20(25-22(27)18-11-5-6-12-19(18)23(25)28)21(26)24-14-7-8-15-29-17-9-3-2-4-10-17/h2-6,9-12,20H,7-8,13-16H2,1H3,(H,24,26). The lowest BCUT2D eigenvalue weighted by Gasteiger charge is -2.25. The molecule has 1 unspecified atom stereocenters. The fourth-order valence-corrected chi connectivity index (χ4v) is 3.82. The maximum Gasteiger partial charge on any atom is 0.262 e. The number of carbonyl (C=O) groups is 3. The van der Waals surface area contributed by atoms with Gasteiger partial charge in [-0.25, -0.2) is 0 Å². The summed E-state index contributed by atoms with van der Waals surface area (Å²) >= 11 is 1.58. The van der Waals surface area contributed by atoms with Crippen LogP contribution in [0.5, 0.6) is 5.75 Å². The van der Waals surface area contributed by atoms with Gasteiger partial charge in [-0.3, -0.25) is 19.3 Å². The molecule has 2 aromatic carbocycles. The first-order valence-corrected chi connectivity index (χ1v) is 11.4. The van der Waals surface area contributed by atoms with Crippen LogP contribution >= 0.6 is 11.8 Å². The number of benzene rings is 2. The van der Waals surface area contributed by atoms with Gasteiger partial charge in [0.05, 0.1) is 17.7 Å². The molecule has 1 atom stereocenters. The molecule has 3 rings (SSSR count). The predicted octanol–water partition coefficient (Wildman–Crippen LogP) is 3.38. The molecule has 0 spiro atoms. The summed E-state index contributed by atoms with van der Waals surface area (Å²) in [6.45, 7) is 1.03. The summed E-state index contributed by atoms with van der Waals surface area (Å²) in [5.41, 5.74) is 0.727. The summed E-state index contributed by atoms with van der Waals surface area (Å²) in [6, 6.07) is 15.5. The lowest BCUT2D eigenvalue weighted by Crippen LogP contribution is -2.50. The molecule has 0 fully saturated rings. The van der Waals surface area contributed by atoms with Crippen molar-refractivity contribution in [2.24, 2.45) is 0 Å². The Labute approximate surface area is 181 Å². The lowest BCUT2D eigenvalue weighted by molar-refractivity contribution is -0.125. The maximum atomic E-state index is 12.8. The molecule has 0 saturated heterocycles. The van der Waals surface area contributed by atoms with Crippen LogP contribution in [0, 0.1) is 0 Å². The highest BCUT2D eigenvalue weighted by Gasteiger charge is 2.42. The number of thioether (sulfide) groups is 1. The Bertz CT molecular complexity index is 853. The van der Waals surface area contributed by atoms with Gasteiger partial charge in [-0.1, -0.05) is 30.3 Å². The number of hydrogen-bond donors (Lipinski definition) is 1. The van der Waals surface area contributed by atoms with E-state index in [4.69, 9.17) is 4.74 Å². The molecule has 0 aliphatic carbocycles. The molecule has 0 aromatic heterocycles. The van der Waals surface area contributed by atoms with Crippen molar-refractivity contribution in [3.8, 4) is 5.75 Å². The average Bonchev–Trinajstić information content (AvgIpc) is 3.02. The van der Waals surface area contributed by atoms with Crippen LogP contribution in [-0.4, -0.2) is 53.8 Å². The van der Waals surface area contributed by atoms with Crippen molar-refractivity contribution in [2.75, 3.05) is 25.2 Å². The molecule has 0 bridgehead atoms. The molecule has 1 heterocycles. The van der Waals surface area contributed by atoms with Gasteiger partial charge in [0.2, 0.25) is 5.91 Å². The van der Waals surface area contributed by atoms with Gasteiger partial charge in [-0.05, 0) is 55.5 Å². The Balaban J connectivity index is 1.52. The number of nitrogens with one attached hydrogen (secondary N) is 1. The van der Waals surface area contributed by atoms with E-state index in [9.17, 15) is 14.4 Å². The van der Waals surface area contributed by atoms with Crippen molar-refractivity contribution in [2.45, 2.75) is 25.3 Å². The quantitative estimate of drug-likeness (QED) is 0.440. The van der Waals surface area contributed by atoms with E-state index in [0.717, 1.165) is 23.5 Å². The number of carbonyl (C=O) groups excluding carboxylic acids is 3. The van der Waals surface area contributed by atoms with Gasteiger partial charge in [0, 0.05) is 6.54 Å². The highest BCUT2D eigenvalue weighted by atomic mass is 32.2. The molecule has 30 heavy (non-hydrogen) atoms. The lowest BCUT2D eigenvalue weighted by atomic mass is 10.1. The van der Waals surface area contributed by atoms with Crippen LogP contribution in [0.3, 0.4) is 0 Å². The molecule has 1 N–H and O–H groups in total. The van der Waals surface area contributed by atoms with Crippen LogP contribution in [0.1, 0.15) is 40.0 Å². The van der Waals surface area contributed by atoms with Crippen LogP contribution in [0.4, 0.5) is 0 Å².